The first-order valence-corrected chi connectivity index (χ1v) is 6.75. The average molecular weight is 258 g/mol. The van der Waals surface area contributed by atoms with Crippen LogP contribution in [-0.4, -0.2) is 56.4 Å². The van der Waals surface area contributed by atoms with Crippen molar-refractivity contribution < 1.29 is 14.3 Å². The van der Waals surface area contributed by atoms with E-state index in [9.17, 15) is 4.79 Å². The Labute approximate surface area is 110 Å². The maximum absolute atomic E-state index is 12.1. The summed E-state index contributed by atoms with van der Waals surface area (Å²) in [5.41, 5.74) is 5.48. The summed E-state index contributed by atoms with van der Waals surface area (Å²) in [4.78, 5) is 14.2. The van der Waals surface area contributed by atoms with E-state index in [4.69, 9.17) is 15.2 Å². The number of rotatable bonds is 9. The van der Waals surface area contributed by atoms with Crippen LogP contribution in [0.3, 0.4) is 0 Å². The van der Waals surface area contributed by atoms with Crippen molar-refractivity contribution in [2.45, 2.75) is 32.2 Å². The Kier molecular flexibility index (Phi) is 6.05. The summed E-state index contributed by atoms with van der Waals surface area (Å²) in [7, 11) is 1.68. The molecule has 0 radical (unpaired) electrons. The van der Waals surface area contributed by atoms with Crippen LogP contribution >= 0.6 is 0 Å². The number of likely N-dealkylation sites (N-methyl/N-ethyl adjacent to an activating group) is 1. The highest BCUT2D eigenvalue weighted by atomic mass is 16.5. The number of carbonyl (C=O) groups excluding carboxylic acids is 1. The van der Waals surface area contributed by atoms with Crippen molar-refractivity contribution in [1.29, 1.82) is 0 Å². The quantitative estimate of drug-likeness (QED) is 0.614. The minimum absolute atomic E-state index is 0.261. The number of esters is 1. The molecule has 2 N–H and O–H groups in total. The first-order chi connectivity index (χ1) is 8.58. The summed E-state index contributed by atoms with van der Waals surface area (Å²) in [5, 5.41) is 0. The van der Waals surface area contributed by atoms with E-state index in [1.54, 1.807) is 7.11 Å². The summed E-state index contributed by atoms with van der Waals surface area (Å²) in [6.07, 6.45) is 2.05. The predicted octanol–water partition coefficient (Wildman–Crippen LogP) is 0.625. The van der Waals surface area contributed by atoms with Crippen LogP contribution in [0.25, 0.3) is 0 Å². The van der Waals surface area contributed by atoms with Crippen LogP contribution in [0, 0.1) is 5.92 Å². The number of ether oxygens (including phenoxy) is 2. The molecule has 0 amide bonds. The second kappa shape index (κ2) is 7.07. The van der Waals surface area contributed by atoms with Gasteiger partial charge in [0.05, 0.1) is 13.2 Å². The van der Waals surface area contributed by atoms with Crippen LogP contribution in [0.5, 0.6) is 0 Å². The van der Waals surface area contributed by atoms with E-state index in [1.807, 2.05) is 6.92 Å². The van der Waals surface area contributed by atoms with Crippen molar-refractivity contribution in [2.24, 2.45) is 11.7 Å². The van der Waals surface area contributed by atoms with Crippen molar-refractivity contribution in [3.63, 3.8) is 0 Å². The van der Waals surface area contributed by atoms with Gasteiger partial charge in [-0.15, -0.1) is 0 Å². The summed E-state index contributed by atoms with van der Waals surface area (Å²) in [5.74, 6) is 0.0107. The fraction of sp³-hybridized carbons (Fsp3) is 0.923. The second-order valence-electron chi connectivity index (χ2n) is 4.90. The lowest BCUT2D eigenvalue weighted by Crippen LogP contribution is -2.59. The van der Waals surface area contributed by atoms with Gasteiger partial charge < -0.3 is 15.2 Å². The van der Waals surface area contributed by atoms with Crippen molar-refractivity contribution in [1.82, 2.24) is 4.90 Å². The van der Waals surface area contributed by atoms with Gasteiger partial charge in [0.2, 0.25) is 0 Å². The topological polar surface area (TPSA) is 64.8 Å². The van der Waals surface area contributed by atoms with Gasteiger partial charge in [0.15, 0.2) is 0 Å². The lowest BCUT2D eigenvalue weighted by Gasteiger charge is -2.33. The fourth-order valence-corrected chi connectivity index (χ4v) is 2.16. The number of hydrogen-bond donors (Lipinski definition) is 1. The van der Waals surface area contributed by atoms with Crippen LogP contribution in [0.15, 0.2) is 0 Å². The van der Waals surface area contributed by atoms with Crippen molar-refractivity contribution in [3.05, 3.63) is 0 Å². The minimum atomic E-state index is -0.847. The molecule has 0 aliphatic heterocycles. The molecule has 0 aromatic carbocycles. The molecule has 0 spiro atoms. The molecule has 106 valence electrons. The van der Waals surface area contributed by atoms with Crippen LogP contribution in [0.2, 0.25) is 0 Å². The van der Waals surface area contributed by atoms with Gasteiger partial charge in [-0.05, 0) is 32.2 Å². The molecule has 1 rings (SSSR count). The summed E-state index contributed by atoms with van der Waals surface area (Å²) in [6.45, 7) is 7.11. The zero-order valence-electron chi connectivity index (χ0n) is 11.8. The van der Waals surface area contributed by atoms with E-state index in [1.165, 1.54) is 0 Å². The molecule has 18 heavy (non-hydrogen) atoms. The maximum Gasteiger partial charge on any atom is 0.327 e. The van der Waals surface area contributed by atoms with Crippen molar-refractivity contribution in [3.8, 4) is 0 Å². The van der Waals surface area contributed by atoms with E-state index >= 15 is 0 Å². The molecule has 0 saturated heterocycles. The van der Waals surface area contributed by atoms with Crippen LogP contribution in [0.1, 0.15) is 26.7 Å². The summed E-state index contributed by atoms with van der Waals surface area (Å²) < 4.78 is 10.2. The molecule has 1 aliphatic rings. The molecule has 1 aliphatic carbocycles. The van der Waals surface area contributed by atoms with Crippen LogP contribution in [-0.2, 0) is 14.3 Å². The lowest BCUT2D eigenvalue weighted by molar-refractivity contribution is -0.151. The molecule has 1 unspecified atom stereocenters. The van der Waals surface area contributed by atoms with Gasteiger partial charge in [0.25, 0.3) is 0 Å². The number of methoxy groups -OCH3 is 1. The highest BCUT2D eigenvalue weighted by Crippen LogP contribution is 2.39. The van der Waals surface area contributed by atoms with Gasteiger partial charge in [-0.1, -0.05) is 6.92 Å². The van der Waals surface area contributed by atoms with Gasteiger partial charge in [0, 0.05) is 20.2 Å². The molecular weight excluding hydrogens is 232 g/mol. The molecule has 1 atom stereocenters. The molecule has 0 bridgehead atoms. The Morgan fingerprint density at radius 3 is 2.56 bits per heavy atom. The Morgan fingerprint density at radius 2 is 2.11 bits per heavy atom. The number of nitrogens with two attached hydrogens (primary N) is 1. The summed E-state index contributed by atoms with van der Waals surface area (Å²) in [6, 6.07) is 0. The Bertz CT molecular complexity index is 269. The SMILES string of the molecule is CCOC(=O)C(N)(CN(CC)CCOC)C1CC1. The maximum atomic E-state index is 12.1. The molecule has 0 aromatic rings. The summed E-state index contributed by atoms with van der Waals surface area (Å²) >= 11 is 0. The Morgan fingerprint density at radius 1 is 1.44 bits per heavy atom. The number of carbonyl (C=O) groups is 1. The number of hydrogen-bond acceptors (Lipinski definition) is 5. The van der Waals surface area contributed by atoms with E-state index in [0.717, 1.165) is 25.9 Å². The average Bonchev–Trinajstić information content (AvgIpc) is 3.18. The van der Waals surface area contributed by atoms with Crippen LogP contribution < -0.4 is 5.73 Å². The van der Waals surface area contributed by atoms with Gasteiger partial charge in [-0.2, -0.15) is 0 Å². The first kappa shape index (κ1) is 15.4. The molecule has 0 heterocycles. The molecule has 1 fully saturated rings. The largest absolute Gasteiger partial charge is 0.465 e. The van der Waals surface area contributed by atoms with E-state index in [2.05, 4.69) is 11.8 Å². The molecule has 0 aromatic heterocycles. The Hall–Kier alpha value is -0.650. The lowest BCUT2D eigenvalue weighted by atomic mass is 9.93. The first-order valence-electron chi connectivity index (χ1n) is 6.75. The third kappa shape index (κ3) is 3.93. The minimum Gasteiger partial charge on any atom is -0.465 e. The molecular formula is C13H26N2O3. The second-order valence-corrected chi connectivity index (χ2v) is 4.90. The zero-order valence-corrected chi connectivity index (χ0v) is 11.8. The van der Waals surface area contributed by atoms with Crippen molar-refractivity contribution >= 4 is 5.97 Å². The smallest absolute Gasteiger partial charge is 0.327 e. The fourth-order valence-electron chi connectivity index (χ4n) is 2.16. The third-order valence-corrected chi connectivity index (χ3v) is 3.51. The van der Waals surface area contributed by atoms with Gasteiger partial charge in [-0.3, -0.25) is 4.90 Å². The normalized spacial score (nSPS) is 18.7. The Balaban J connectivity index is 2.62. The van der Waals surface area contributed by atoms with E-state index in [-0.39, 0.29) is 11.9 Å². The molecule has 5 nitrogen and oxygen atoms in total. The van der Waals surface area contributed by atoms with Gasteiger partial charge in [-0.25, -0.2) is 4.79 Å². The zero-order chi connectivity index (χ0) is 13.6. The van der Waals surface area contributed by atoms with E-state index in [0.29, 0.717) is 19.8 Å². The predicted molar refractivity (Wildman–Crippen MR) is 70.3 cm³/mol. The van der Waals surface area contributed by atoms with E-state index < -0.39 is 5.54 Å². The van der Waals surface area contributed by atoms with Crippen LogP contribution in [0.4, 0.5) is 0 Å². The highest BCUT2D eigenvalue weighted by Gasteiger charge is 2.49. The third-order valence-electron chi connectivity index (χ3n) is 3.51. The number of nitrogens with zero attached hydrogens (tertiary/aromatic N) is 1. The standard InChI is InChI=1S/C13H26N2O3/c1-4-15(8-9-17-3)10-13(14,11-6-7-11)12(16)18-5-2/h11H,4-10,14H2,1-3H3. The highest BCUT2D eigenvalue weighted by molar-refractivity contribution is 5.82. The van der Waals surface area contributed by atoms with Gasteiger partial charge >= 0.3 is 5.97 Å². The monoisotopic (exact) mass is 258 g/mol. The molecule has 5 heteroatoms. The van der Waals surface area contributed by atoms with Gasteiger partial charge in [0.1, 0.15) is 5.54 Å². The van der Waals surface area contributed by atoms with Crippen molar-refractivity contribution in [2.75, 3.05) is 40.0 Å². The molecule has 1 saturated carbocycles.